The highest BCUT2D eigenvalue weighted by molar-refractivity contribution is 5.91. The van der Waals surface area contributed by atoms with Crippen molar-refractivity contribution in [1.82, 2.24) is 10.2 Å². The van der Waals surface area contributed by atoms with Gasteiger partial charge in [0.2, 0.25) is 11.8 Å². The number of hydrogen-bond acceptors (Lipinski definition) is 3. The van der Waals surface area contributed by atoms with Gasteiger partial charge in [0.15, 0.2) is 0 Å². The fourth-order valence-electron chi connectivity index (χ4n) is 2.30. The number of carbonyl (C=O) groups excluding carboxylic acids is 2. The fraction of sp³-hybridized carbons (Fsp3) is 0.769. The van der Waals surface area contributed by atoms with E-state index in [4.69, 9.17) is 5.11 Å². The number of amides is 2. The van der Waals surface area contributed by atoms with Crippen molar-refractivity contribution in [1.29, 1.82) is 0 Å². The molecule has 1 saturated heterocycles. The van der Waals surface area contributed by atoms with E-state index in [2.05, 4.69) is 5.32 Å². The van der Waals surface area contributed by atoms with Gasteiger partial charge in [-0.2, -0.15) is 0 Å². The van der Waals surface area contributed by atoms with E-state index in [9.17, 15) is 14.4 Å². The monoisotopic (exact) mass is 270 g/mol. The molecule has 1 aliphatic rings. The normalized spacial score (nSPS) is 21.1. The average molecular weight is 270 g/mol. The van der Waals surface area contributed by atoms with E-state index in [0.29, 0.717) is 19.4 Å². The van der Waals surface area contributed by atoms with Gasteiger partial charge in [-0.1, -0.05) is 20.8 Å². The van der Waals surface area contributed by atoms with Crippen molar-refractivity contribution >= 4 is 17.8 Å². The van der Waals surface area contributed by atoms with Gasteiger partial charge in [-0.15, -0.1) is 0 Å². The average Bonchev–Trinajstić information content (AvgIpc) is 2.71. The van der Waals surface area contributed by atoms with Gasteiger partial charge in [0.05, 0.1) is 0 Å². The van der Waals surface area contributed by atoms with E-state index in [0.717, 1.165) is 0 Å². The Morgan fingerprint density at radius 3 is 2.32 bits per heavy atom. The number of carbonyl (C=O) groups is 3. The van der Waals surface area contributed by atoms with Crippen LogP contribution < -0.4 is 5.32 Å². The molecule has 0 bridgehead atoms. The predicted molar refractivity (Wildman–Crippen MR) is 69.4 cm³/mol. The summed E-state index contributed by atoms with van der Waals surface area (Å²) in [4.78, 5) is 36.2. The summed E-state index contributed by atoms with van der Waals surface area (Å²) in [5.74, 6) is -1.59. The SMILES string of the molecule is CC(=O)NC(C(=O)N1CCCC1C(=O)O)C(C)(C)C. The molecule has 0 radical (unpaired) electrons. The molecular weight excluding hydrogens is 248 g/mol. The van der Waals surface area contributed by atoms with E-state index in [-0.39, 0.29) is 11.8 Å². The van der Waals surface area contributed by atoms with Crippen molar-refractivity contribution in [2.45, 2.75) is 52.6 Å². The highest BCUT2D eigenvalue weighted by Gasteiger charge is 2.41. The van der Waals surface area contributed by atoms with Crippen LogP contribution in [0, 0.1) is 5.41 Å². The summed E-state index contributed by atoms with van der Waals surface area (Å²) in [6.07, 6.45) is 1.15. The lowest BCUT2D eigenvalue weighted by molar-refractivity contribution is -0.150. The van der Waals surface area contributed by atoms with Crippen molar-refractivity contribution < 1.29 is 19.5 Å². The number of likely N-dealkylation sites (tertiary alicyclic amines) is 1. The zero-order valence-electron chi connectivity index (χ0n) is 11.9. The fourth-order valence-corrected chi connectivity index (χ4v) is 2.30. The van der Waals surface area contributed by atoms with Gasteiger partial charge >= 0.3 is 5.97 Å². The lowest BCUT2D eigenvalue weighted by atomic mass is 9.85. The largest absolute Gasteiger partial charge is 0.480 e. The summed E-state index contributed by atoms with van der Waals surface area (Å²) < 4.78 is 0. The molecule has 108 valence electrons. The van der Waals surface area contributed by atoms with Crippen LogP contribution in [0.1, 0.15) is 40.5 Å². The molecule has 2 N–H and O–H groups in total. The predicted octanol–water partition coefficient (Wildman–Crippen LogP) is 0.613. The van der Waals surface area contributed by atoms with Gasteiger partial charge in [0.25, 0.3) is 0 Å². The molecule has 1 rings (SSSR count). The van der Waals surface area contributed by atoms with Crippen LogP contribution in [0.4, 0.5) is 0 Å². The Morgan fingerprint density at radius 2 is 1.89 bits per heavy atom. The third kappa shape index (κ3) is 3.68. The standard InChI is InChI=1S/C13H22N2O4/c1-8(16)14-10(13(2,3)4)11(17)15-7-5-6-9(15)12(18)19/h9-10H,5-7H2,1-4H3,(H,14,16)(H,18,19). The Labute approximate surface area is 113 Å². The maximum absolute atomic E-state index is 12.5. The second-order valence-corrected chi connectivity index (χ2v) is 6.03. The molecule has 0 aliphatic carbocycles. The second kappa shape index (κ2) is 5.59. The van der Waals surface area contributed by atoms with Crippen molar-refractivity contribution in [2.75, 3.05) is 6.54 Å². The van der Waals surface area contributed by atoms with E-state index < -0.39 is 23.5 Å². The number of rotatable bonds is 3. The van der Waals surface area contributed by atoms with E-state index in [1.165, 1.54) is 11.8 Å². The smallest absolute Gasteiger partial charge is 0.326 e. The van der Waals surface area contributed by atoms with Gasteiger partial charge in [0.1, 0.15) is 12.1 Å². The van der Waals surface area contributed by atoms with Crippen LogP contribution in [-0.4, -0.2) is 46.4 Å². The maximum atomic E-state index is 12.5. The Kier molecular flexibility index (Phi) is 4.55. The number of hydrogen-bond donors (Lipinski definition) is 2. The molecular formula is C13H22N2O4. The zero-order valence-corrected chi connectivity index (χ0v) is 11.9. The second-order valence-electron chi connectivity index (χ2n) is 6.03. The van der Waals surface area contributed by atoms with Gasteiger partial charge in [-0.05, 0) is 18.3 Å². The van der Waals surface area contributed by atoms with Crippen LogP contribution in [0.15, 0.2) is 0 Å². The lowest BCUT2D eigenvalue weighted by Gasteiger charge is -2.34. The molecule has 0 aromatic rings. The van der Waals surface area contributed by atoms with E-state index in [1.807, 2.05) is 20.8 Å². The van der Waals surface area contributed by atoms with Gasteiger partial charge < -0.3 is 15.3 Å². The summed E-state index contributed by atoms with van der Waals surface area (Å²) in [5, 5.41) is 11.8. The molecule has 0 aromatic heterocycles. The van der Waals surface area contributed by atoms with Crippen LogP contribution >= 0.6 is 0 Å². The third-order valence-corrected chi connectivity index (χ3v) is 3.28. The first kappa shape index (κ1) is 15.5. The number of nitrogens with one attached hydrogen (secondary N) is 1. The lowest BCUT2D eigenvalue weighted by Crippen LogP contribution is -2.56. The summed E-state index contributed by atoms with van der Waals surface area (Å²) in [6, 6.07) is -1.48. The molecule has 1 heterocycles. The first-order chi connectivity index (χ1) is 8.64. The molecule has 1 fully saturated rings. The number of aliphatic carboxylic acids is 1. The molecule has 6 heteroatoms. The molecule has 2 atom stereocenters. The van der Waals surface area contributed by atoms with Crippen LogP contribution in [0.5, 0.6) is 0 Å². The third-order valence-electron chi connectivity index (χ3n) is 3.28. The van der Waals surface area contributed by atoms with Gasteiger partial charge in [-0.3, -0.25) is 9.59 Å². The van der Waals surface area contributed by atoms with Crippen LogP contribution in [0.2, 0.25) is 0 Å². The number of carboxylic acid groups (broad SMARTS) is 1. The summed E-state index contributed by atoms with van der Waals surface area (Å²) in [6.45, 7) is 7.32. The topological polar surface area (TPSA) is 86.7 Å². The van der Waals surface area contributed by atoms with Crippen LogP contribution in [-0.2, 0) is 14.4 Å². The Morgan fingerprint density at radius 1 is 1.32 bits per heavy atom. The van der Waals surface area contributed by atoms with E-state index in [1.54, 1.807) is 0 Å². The Balaban J connectivity index is 2.93. The maximum Gasteiger partial charge on any atom is 0.326 e. The molecule has 0 spiro atoms. The Bertz CT molecular complexity index is 387. The molecule has 0 aromatic carbocycles. The minimum absolute atomic E-state index is 0.292. The van der Waals surface area contributed by atoms with Crippen molar-refractivity contribution in [3.8, 4) is 0 Å². The van der Waals surface area contributed by atoms with Crippen molar-refractivity contribution in [2.24, 2.45) is 5.41 Å². The first-order valence-corrected chi connectivity index (χ1v) is 6.45. The molecule has 2 unspecified atom stereocenters. The Hall–Kier alpha value is -1.59. The molecule has 2 amide bonds. The van der Waals surface area contributed by atoms with Crippen LogP contribution in [0.25, 0.3) is 0 Å². The highest BCUT2D eigenvalue weighted by atomic mass is 16.4. The quantitative estimate of drug-likeness (QED) is 0.786. The van der Waals surface area contributed by atoms with Crippen LogP contribution in [0.3, 0.4) is 0 Å². The summed E-state index contributed by atoms with van der Waals surface area (Å²) >= 11 is 0. The van der Waals surface area contributed by atoms with E-state index >= 15 is 0 Å². The number of nitrogens with zero attached hydrogens (tertiary/aromatic N) is 1. The minimum Gasteiger partial charge on any atom is -0.480 e. The van der Waals surface area contributed by atoms with Gasteiger partial charge in [0, 0.05) is 13.5 Å². The highest BCUT2D eigenvalue weighted by Crippen LogP contribution is 2.25. The van der Waals surface area contributed by atoms with Gasteiger partial charge in [-0.25, -0.2) is 4.79 Å². The van der Waals surface area contributed by atoms with Crippen molar-refractivity contribution in [3.63, 3.8) is 0 Å². The van der Waals surface area contributed by atoms with Crippen molar-refractivity contribution in [3.05, 3.63) is 0 Å². The molecule has 1 aliphatic heterocycles. The zero-order chi connectivity index (χ0) is 14.8. The first-order valence-electron chi connectivity index (χ1n) is 6.45. The number of carboxylic acids is 1. The molecule has 0 saturated carbocycles. The molecule has 6 nitrogen and oxygen atoms in total. The minimum atomic E-state index is -0.985. The summed E-state index contributed by atoms with van der Waals surface area (Å²) in [5.41, 5.74) is -0.464. The molecule has 19 heavy (non-hydrogen) atoms. The summed E-state index contributed by atoms with van der Waals surface area (Å²) in [7, 11) is 0.